The van der Waals surface area contributed by atoms with Gasteiger partial charge >= 0.3 is 0 Å². The van der Waals surface area contributed by atoms with E-state index < -0.39 is 0 Å². The molecule has 1 aromatic heterocycles. The second-order valence-electron chi connectivity index (χ2n) is 8.20. The van der Waals surface area contributed by atoms with Crippen LogP contribution in [-0.4, -0.2) is 23.6 Å². The first kappa shape index (κ1) is 20.6. The van der Waals surface area contributed by atoms with Crippen molar-refractivity contribution in [1.29, 1.82) is 0 Å². The van der Waals surface area contributed by atoms with Gasteiger partial charge in [0, 0.05) is 24.0 Å². The Labute approximate surface area is 173 Å². The number of aryl methyl sites for hydroxylation is 1. The molecule has 29 heavy (non-hydrogen) atoms. The monoisotopic (exact) mass is 390 g/mol. The molecule has 0 atom stereocenters. The minimum atomic E-state index is 0.144. The summed E-state index contributed by atoms with van der Waals surface area (Å²) in [6, 6.07) is 18.6. The Kier molecular flexibility index (Phi) is 6.37. The molecule has 0 unspecified atom stereocenters. The molecule has 0 aliphatic rings. The zero-order valence-electron chi connectivity index (χ0n) is 17.9. The van der Waals surface area contributed by atoms with E-state index in [9.17, 15) is 0 Å². The predicted molar refractivity (Wildman–Crippen MR) is 120 cm³/mol. The van der Waals surface area contributed by atoms with Gasteiger partial charge in [0.05, 0.1) is 7.11 Å². The lowest BCUT2D eigenvalue weighted by molar-refractivity contribution is 0.414. The van der Waals surface area contributed by atoms with Gasteiger partial charge in [-0.15, -0.1) is 0 Å². The number of hydrogen-bond donors (Lipinski definition) is 2. The van der Waals surface area contributed by atoms with Crippen LogP contribution in [0.25, 0.3) is 0 Å². The highest BCUT2D eigenvalue weighted by Crippen LogP contribution is 2.25. The van der Waals surface area contributed by atoms with Crippen molar-refractivity contribution < 1.29 is 4.74 Å². The zero-order chi connectivity index (χ0) is 20.9. The summed E-state index contributed by atoms with van der Waals surface area (Å²) in [4.78, 5) is 9.10. The van der Waals surface area contributed by atoms with Crippen molar-refractivity contribution in [3.05, 3.63) is 71.4 Å². The van der Waals surface area contributed by atoms with Gasteiger partial charge in [-0.25, -0.2) is 4.98 Å². The van der Waals surface area contributed by atoms with Crippen molar-refractivity contribution in [2.75, 3.05) is 24.3 Å². The first-order chi connectivity index (χ1) is 13.8. The van der Waals surface area contributed by atoms with Gasteiger partial charge in [-0.1, -0.05) is 45.0 Å². The topological polar surface area (TPSA) is 59.1 Å². The smallest absolute Gasteiger partial charge is 0.224 e. The van der Waals surface area contributed by atoms with Gasteiger partial charge in [0.1, 0.15) is 11.6 Å². The average molecular weight is 391 g/mol. The molecule has 2 N–H and O–H groups in total. The quantitative estimate of drug-likeness (QED) is 0.559. The molecule has 5 heteroatoms. The molecule has 0 aliphatic carbocycles. The van der Waals surface area contributed by atoms with Gasteiger partial charge in [0.15, 0.2) is 0 Å². The molecule has 0 bridgehead atoms. The van der Waals surface area contributed by atoms with E-state index >= 15 is 0 Å². The molecule has 0 radical (unpaired) electrons. The molecule has 2 aromatic carbocycles. The third kappa shape index (κ3) is 5.95. The zero-order valence-corrected chi connectivity index (χ0v) is 17.9. The molecule has 0 amide bonds. The van der Waals surface area contributed by atoms with Crippen molar-refractivity contribution in [2.24, 2.45) is 0 Å². The van der Waals surface area contributed by atoms with Crippen LogP contribution >= 0.6 is 0 Å². The van der Waals surface area contributed by atoms with Crippen molar-refractivity contribution >= 4 is 17.5 Å². The van der Waals surface area contributed by atoms with Crippen LogP contribution in [0.5, 0.6) is 5.75 Å². The molecular formula is C24H30N4O. The summed E-state index contributed by atoms with van der Waals surface area (Å²) in [6.07, 6.45) is 0.887. The predicted octanol–water partition coefficient (Wildman–Crippen LogP) is 5.49. The van der Waals surface area contributed by atoms with Crippen molar-refractivity contribution in [3.63, 3.8) is 0 Å². The van der Waals surface area contributed by atoms with Crippen LogP contribution in [0.2, 0.25) is 0 Å². The van der Waals surface area contributed by atoms with Crippen LogP contribution < -0.4 is 15.4 Å². The third-order valence-electron chi connectivity index (χ3n) is 4.73. The largest absolute Gasteiger partial charge is 0.497 e. The van der Waals surface area contributed by atoms with Gasteiger partial charge in [0.25, 0.3) is 0 Å². The molecule has 0 aliphatic heterocycles. The highest BCUT2D eigenvalue weighted by molar-refractivity contribution is 5.58. The summed E-state index contributed by atoms with van der Waals surface area (Å²) in [5.74, 6) is 2.29. The highest BCUT2D eigenvalue weighted by atomic mass is 16.5. The molecule has 0 spiro atoms. The first-order valence-electron chi connectivity index (χ1n) is 9.93. The van der Waals surface area contributed by atoms with Crippen LogP contribution in [0.4, 0.5) is 17.5 Å². The Morgan fingerprint density at radius 3 is 2.24 bits per heavy atom. The lowest BCUT2D eigenvalue weighted by Gasteiger charge is -2.19. The van der Waals surface area contributed by atoms with Gasteiger partial charge in [-0.05, 0) is 54.2 Å². The molecule has 3 aromatic rings. The van der Waals surface area contributed by atoms with Gasteiger partial charge < -0.3 is 15.4 Å². The standard InChI is InChI=1S/C24H30N4O/c1-17-16-22(27-20-10-8-19(9-11-20)24(2,3)4)28-23(26-17)25-15-14-18-6-12-21(29-5)13-7-18/h6-13,16H,14-15H2,1-5H3,(H2,25,26,27,28). The van der Waals surface area contributed by atoms with E-state index in [1.165, 1.54) is 11.1 Å². The number of methoxy groups -OCH3 is 1. The molecule has 0 saturated carbocycles. The summed E-state index contributed by atoms with van der Waals surface area (Å²) in [7, 11) is 1.68. The molecule has 0 saturated heterocycles. The van der Waals surface area contributed by atoms with Crippen molar-refractivity contribution in [3.8, 4) is 5.75 Å². The normalized spacial score (nSPS) is 11.2. The fourth-order valence-electron chi connectivity index (χ4n) is 3.02. The van der Waals surface area contributed by atoms with Crippen LogP contribution in [0.1, 0.15) is 37.6 Å². The Morgan fingerprint density at radius 1 is 0.931 bits per heavy atom. The summed E-state index contributed by atoms with van der Waals surface area (Å²) >= 11 is 0. The number of rotatable bonds is 7. The SMILES string of the molecule is COc1ccc(CCNc2nc(C)cc(Nc3ccc(C(C)(C)C)cc3)n2)cc1. The van der Waals surface area contributed by atoms with Gasteiger partial charge in [0.2, 0.25) is 5.95 Å². The average Bonchev–Trinajstić information content (AvgIpc) is 2.68. The molecule has 0 fully saturated rings. The molecular weight excluding hydrogens is 360 g/mol. The number of nitrogens with zero attached hydrogens (tertiary/aromatic N) is 2. The first-order valence-corrected chi connectivity index (χ1v) is 9.93. The second-order valence-corrected chi connectivity index (χ2v) is 8.20. The van der Waals surface area contributed by atoms with E-state index in [1.54, 1.807) is 7.11 Å². The van der Waals surface area contributed by atoms with Crippen molar-refractivity contribution in [2.45, 2.75) is 39.5 Å². The number of hydrogen-bond acceptors (Lipinski definition) is 5. The Hall–Kier alpha value is -3.08. The van der Waals surface area contributed by atoms with E-state index in [4.69, 9.17) is 4.74 Å². The van der Waals surface area contributed by atoms with E-state index in [0.29, 0.717) is 5.95 Å². The number of benzene rings is 2. The minimum Gasteiger partial charge on any atom is -0.497 e. The van der Waals surface area contributed by atoms with Crippen molar-refractivity contribution in [1.82, 2.24) is 9.97 Å². The summed E-state index contributed by atoms with van der Waals surface area (Å²) < 4.78 is 5.20. The molecule has 152 valence electrons. The van der Waals surface area contributed by atoms with Crippen LogP contribution in [0.3, 0.4) is 0 Å². The number of anilines is 3. The van der Waals surface area contributed by atoms with Crippen LogP contribution in [-0.2, 0) is 11.8 Å². The number of nitrogens with one attached hydrogen (secondary N) is 2. The lowest BCUT2D eigenvalue weighted by Crippen LogP contribution is -2.11. The maximum Gasteiger partial charge on any atom is 0.224 e. The summed E-state index contributed by atoms with van der Waals surface area (Å²) in [5, 5.41) is 6.70. The maximum atomic E-state index is 5.20. The van der Waals surface area contributed by atoms with E-state index in [2.05, 4.69) is 77.8 Å². The Bertz CT molecular complexity index is 929. The Morgan fingerprint density at radius 2 is 1.62 bits per heavy atom. The highest BCUT2D eigenvalue weighted by Gasteiger charge is 2.13. The maximum absolute atomic E-state index is 5.20. The van der Waals surface area contributed by atoms with E-state index in [0.717, 1.165) is 35.9 Å². The van der Waals surface area contributed by atoms with Gasteiger partial charge in [-0.3, -0.25) is 0 Å². The molecule has 5 nitrogen and oxygen atoms in total. The molecule has 3 rings (SSSR count). The molecule has 1 heterocycles. The third-order valence-corrected chi connectivity index (χ3v) is 4.73. The summed E-state index contributed by atoms with van der Waals surface area (Å²) in [5.41, 5.74) is 4.62. The summed E-state index contributed by atoms with van der Waals surface area (Å²) in [6.45, 7) is 9.38. The minimum absolute atomic E-state index is 0.144. The Balaban J connectivity index is 1.61. The second kappa shape index (κ2) is 8.95. The van der Waals surface area contributed by atoms with Crippen LogP contribution in [0, 0.1) is 6.92 Å². The van der Waals surface area contributed by atoms with Crippen LogP contribution in [0.15, 0.2) is 54.6 Å². The van der Waals surface area contributed by atoms with E-state index in [-0.39, 0.29) is 5.41 Å². The lowest BCUT2D eigenvalue weighted by atomic mass is 9.87. The van der Waals surface area contributed by atoms with Gasteiger partial charge in [-0.2, -0.15) is 4.98 Å². The van der Waals surface area contributed by atoms with E-state index in [1.807, 2.05) is 25.1 Å². The number of aromatic nitrogens is 2. The number of ether oxygens (including phenoxy) is 1. The fraction of sp³-hybridized carbons (Fsp3) is 0.333. The fourth-order valence-corrected chi connectivity index (χ4v) is 3.02.